The molecule has 0 aliphatic rings. The second-order valence-corrected chi connectivity index (χ2v) is 4.52. The van der Waals surface area contributed by atoms with Crippen molar-refractivity contribution in [3.8, 4) is 11.6 Å². The normalized spacial score (nSPS) is 10.2. The van der Waals surface area contributed by atoms with Gasteiger partial charge in [0, 0.05) is 4.47 Å². The van der Waals surface area contributed by atoms with Gasteiger partial charge in [-0.2, -0.15) is 0 Å². The molecule has 5 nitrogen and oxygen atoms in total. The van der Waals surface area contributed by atoms with E-state index in [1.165, 1.54) is 24.4 Å². The third kappa shape index (κ3) is 3.00. The standard InChI is InChI=1S/C12H8BrFN2O3/c13-6-1-2-10(9(14)3-6)19-11-8(12(17)18)4-7(15)5-16-11/h1-5H,15H2,(H,17,18). The number of hydrogen-bond acceptors (Lipinski definition) is 4. The number of aromatic nitrogens is 1. The van der Waals surface area contributed by atoms with Crippen LogP contribution in [0.3, 0.4) is 0 Å². The monoisotopic (exact) mass is 326 g/mol. The molecule has 0 fully saturated rings. The molecule has 19 heavy (non-hydrogen) atoms. The Labute approximate surface area is 116 Å². The van der Waals surface area contributed by atoms with Gasteiger partial charge in [-0.3, -0.25) is 0 Å². The van der Waals surface area contributed by atoms with Crippen molar-refractivity contribution in [1.82, 2.24) is 4.98 Å². The number of carboxylic acid groups (broad SMARTS) is 1. The summed E-state index contributed by atoms with van der Waals surface area (Å²) in [6.45, 7) is 0. The maximum absolute atomic E-state index is 13.6. The van der Waals surface area contributed by atoms with E-state index in [1.54, 1.807) is 6.07 Å². The van der Waals surface area contributed by atoms with Gasteiger partial charge >= 0.3 is 5.97 Å². The van der Waals surface area contributed by atoms with Crippen LogP contribution in [0.1, 0.15) is 10.4 Å². The molecule has 0 bridgehead atoms. The molecule has 1 aromatic heterocycles. The summed E-state index contributed by atoms with van der Waals surface area (Å²) in [7, 11) is 0. The Morgan fingerprint density at radius 2 is 2.16 bits per heavy atom. The van der Waals surface area contributed by atoms with E-state index < -0.39 is 11.8 Å². The zero-order chi connectivity index (χ0) is 14.0. The first-order valence-corrected chi connectivity index (χ1v) is 5.88. The molecule has 98 valence electrons. The Balaban J connectivity index is 2.40. The van der Waals surface area contributed by atoms with Crippen molar-refractivity contribution in [2.45, 2.75) is 0 Å². The predicted octanol–water partition coefficient (Wildman–Crippen LogP) is 3.06. The summed E-state index contributed by atoms with van der Waals surface area (Å²) in [4.78, 5) is 14.8. The average Bonchev–Trinajstić information content (AvgIpc) is 2.34. The lowest BCUT2D eigenvalue weighted by Gasteiger charge is -2.09. The van der Waals surface area contributed by atoms with Crippen molar-refractivity contribution >= 4 is 27.6 Å². The maximum atomic E-state index is 13.6. The van der Waals surface area contributed by atoms with Crippen molar-refractivity contribution in [2.75, 3.05) is 5.73 Å². The van der Waals surface area contributed by atoms with E-state index in [1.807, 2.05) is 0 Å². The molecule has 0 atom stereocenters. The largest absolute Gasteiger partial charge is 0.477 e. The number of halogens is 2. The van der Waals surface area contributed by atoms with Crippen LogP contribution in [0.15, 0.2) is 34.9 Å². The quantitative estimate of drug-likeness (QED) is 0.905. The third-order valence-electron chi connectivity index (χ3n) is 2.20. The fourth-order valence-corrected chi connectivity index (χ4v) is 1.70. The Morgan fingerprint density at radius 1 is 1.42 bits per heavy atom. The van der Waals surface area contributed by atoms with Gasteiger partial charge in [-0.25, -0.2) is 14.2 Å². The highest BCUT2D eigenvalue weighted by molar-refractivity contribution is 9.10. The van der Waals surface area contributed by atoms with Crippen LogP contribution in [0.5, 0.6) is 11.6 Å². The van der Waals surface area contributed by atoms with E-state index in [0.717, 1.165) is 0 Å². The molecule has 0 aliphatic carbocycles. The number of pyridine rings is 1. The summed E-state index contributed by atoms with van der Waals surface area (Å²) in [5.41, 5.74) is 5.39. The van der Waals surface area contributed by atoms with Crippen LogP contribution >= 0.6 is 15.9 Å². The molecule has 0 saturated carbocycles. The summed E-state index contributed by atoms with van der Waals surface area (Å²) in [5.74, 6) is -2.23. The van der Waals surface area contributed by atoms with Crippen LogP contribution < -0.4 is 10.5 Å². The van der Waals surface area contributed by atoms with Gasteiger partial charge < -0.3 is 15.6 Å². The van der Waals surface area contributed by atoms with Crippen molar-refractivity contribution in [2.24, 2.45) is 0 Å². The number of nitrogens with zero attached hydrogens (tertiary/aromatic N) is 1. The molecule has 2 aromatic rings. The maximum Gasteiger partial charge on any atom is 0.341 e. The third-order valence-corrected chi connectivity index (χ3v) is 2.70. The number of aromatic carboxylic acids is 1. The molecule has 0 unspecified atom stereocenters. The van der Waals surface area contributed by atoms with E-state index in [0.29, 0.717) is 4.47 Å². The molecular weight excluding hydrogens is 319 g/mol. The number of ether oxygens (including phenoxy) is 1. The topological polar surface area (TPSA) is 85.4 Å². The van der Waals surface area contributed by atoms with E-state index in [4.69, 9.17) is 15.6 Å². The second kappa shape index (κ2) is 5.23. The van der Waals surface area contributed by atoms with Gasteiger partial charge in [0.25, 0.3) is 0 Å². The minimum Gasteiger partial charge on any atom is -0.477 e. The highest BCUT2D eigenvalue weighted by Gasteiger charge is 2.16. The summed E-state index contributed by atoms with van der Waals surface area (Å²) >= 11 is 3.11. The highest BCUT2D eigenvalue weighted by atomic mass is 79.9. The lowest BCUT2D eigenvalue weighted by atomic mass is 10.2. The summed E-state index contributed by atoms with van der Waals surface area (Å²) in [5, 5.41) is 9.00. The van der Waals surface area contributed by atoms with Crippen LogP contribution in [0.2, 0.25) is 0 Å². The number of benzene rings is 1. The number of carboxylic acids is 1. The minimum absolute atomic E-state index is 0.122. The van der Waals surface area contributed by atoms with Crippen molar-refractivity contribution in [3.63, 3.8) is 0 Å². The molecule has 3 N–H and O–H groups in total. The zero-order valence-corrected chi connectivity index (χ0v) is 11.0. The van der Waals surface area contributed by atoms with Crippen molar-refractivity contribution in [1.29, 1.82) is 0 Å². The van der Waals surface area contributed by atoms with Gasteiger partial charge in [-0.15, -0.1) is 0 Å². The minimum atomic E-state index is -1.26. The first-order valence-electron chi connectivity index (χ1n) is 5.09. The molecule has 1 aromatic carbocycles. The molecule has 0 radical (unpaired) electrons. The number of rotatable bonds is 3. The smallest absolute Gasteiger partial charge is 0.341 e. The molecule has 0 amide bonds. The van der Waals surface area contributed by atoms with Crippen LogP contribution in [0, 0.1) is 5.82 Å². The number of carbonyl (C=O) groups is 1. The van der Waals surface area contributed by atoms with Crippen LogP contribution in [0.4, 0.5) is 10.1 Å². The Bertz CT molecular complexity index is 649. The lowest BCUT2D eigenvalue weighted by molar-refractivity contribution is 0.0693. The SMILES string of the molecule is Nc1cnc(Oc2ccc(Br)cc2F)c(C(=O)O)c1. The molecule has 0 saturated heterocycles. The second-order valence-electron chi connectivity index (χ2n) is 3.60. The average molecular weight is 327 g/mol. The van der Waals surface area contributed by atoms with E-state index in [9.17, 15) is 9.18 Å². The van der Waals surface area contributed by atoms with Gasteiger partial charge in [0.2, 0.25) is 5.88 Å². The van der Waals surface area contributed by atoms with E-state index in [2.05, 4.69) is 20.9 Å². The lowest BCUT2D eigenvalue weighted by Crippen LogP contribution is -2.04. The summed E-state index contributed by atoms with van der Waals surface area (Å²) < 4.78 is 19.3. The Hall–Kier alpha value is -2.15. The number of anilines is 1. The Morgan fingerprint density at radius 3 is 2.79 bits per heavy atom. The highest BCUT2D eigenvalue weighted by Crippen LogP contribution is 2.28. The van der Waals surface area contributed by atoms with Gasteiger partial charge in [0.05, 0.1) is 11.9 Å². The van der Waals surface area contributed by atoms with Crippen molar-refractivity contribution in [3.05, 3.63) is 46.3 Å². The Kier molecular flexibility index (Phi) is 3.66. The van der Waals surface area contributed by atoms with E-state index in [-0.39, 0.29) is 22.9 Å². The number of nitrogen functional groups attached to an aromatic ring is 1. The number of nitrogens with two attached hydrogens (primary N) is 1. The van der Waals surface area contributed by atoms with E-state index >= 15 is 0 Å². The van der Waals surface area contributed by atoms with Gasteiger partial charge in [-0.05, 0) is 24.3 Å². The molecule has 0 spiro atoms. The first-order chi connectivity index (χ1) is 8.97. The zero-order valence-electron chi connectivity index (χ0n) is 9.43. The summed E-state index contributed by atoms with van der Waals surface area (Å²) in [6, 6.07) is 5.33. The summed E-state index contributed by atoms with van der Waals surface area (Å²) in [6.07, 6.45) is 1.23. The molecular formula is C12H8BrFN2O3. The molecule has 1 heterocycles. The molecule has 0 aliphatic heterocycles. The van der Waals surface area contributed by atoms with Crippen LogP contribution in [-0.4, -0.2) is 16.1 Å². The van der Waals surface area contributed by atoms with Crippen LogP contribution in [0.25, 0.3) is 0 Å². The number of hydrogen-bond donors (Lipinski definition) is 2. The fraction of sp³-hybridized carbons (Fsp3) is 0. The van der Waals surface area contributed by atoms with Crippen molar-refractivity contribution < 1.29 is 19.0 Å². The predicted molar refractivity (Wildman–Crippen MR) is 69.8 cm³/mol. The fourth-order valence-electron chi connectivity index (χ4n) is 1.37. The first kappa shape index (κ1) is 13.3. The van der Waals surface area contributed by atoms with Gasteiger partial charge in [0.15, 0.2) is 11.6 Å². The van der Waals surface area contributed by atoms with Gasteiger partial charge in [-0.1, -0.05) is 15.9 Å². The molecule has 7 heteroatoms. The van der Waals surface area contributed by atoms with Gasteiger partial charge in [0.1, 0.15) is 5.56 Å². The van der Waals surface area contributed by atoms with Crippen LogP contribution in [-0.2, 0) is 0 Å². The molecule has 2 rings (SSSR count).